The molecule has 1 atom stereocenters. The summed E-state index contributed by atoms with van der Waals surface area (Å²) in [6, 6.07) is 12.1. The molecule has 0 aliphatic carbocycles. The Bertz CT molecular complexity index is 1620. The number of carbonyl (C=O) groups is 2. The predicted molar refractivity (Wildman–Crippen MR) is 154 cm³/mol. The van der Waals surface area contributed by atoms with Gasteiger partial charge in [-0.1, -0.05) is 30.3 Å². The summed E-state index contributed by atoms with van der Waals surface area (Å²) >= 11 is 0. The lowest BCUT2D eigenvalue weighted by atomic mass is 9.78. The number of hydrogen-bond acceptors (Lipinski definition) is 7. The summed E-state index contributed by atoms with van der Waals surface area (Å²) in [6.07, 6.45) is -3.16. The molecule has 2 heterocycles. The molecule has 0 spiro atoms. The molecule has 1 aliphatic heterocycles. The Morgan fingerprint density at radius 2 is 1.59 bits per heavy atom. The standard InChI is InChI=1S/C32H31F6N3O5/c1-18-25(31(43)46-15-9-4-3-8-14-45-24-16-22(40-41-24)19-10-6-5-7-11-19)28(27(30(42)44-2)23(17-33)39-18)26-20(34)12-13-21(35)29(26)32(36,37)38/h5-7,10-13,16,28,39H,3-4,8-9,14-15,17H2,1-2H3,(H,40,41). The van der Waals surface area contributed by atoms with Crippen LogP contribution < -0.4 is 10.1 Å². The number of benzene rings is 2. The van der Waals surface area contributed by atoms with Crippen molar-refractivity contribution in [2.45, 2.75) is 44.7 Å². The third-order valence-corrected chi connectivity index (χ3v) is 7.28. The quantitative estimate of drug-likeness (QED) is 0.118. The molecule has 4 rings (SSSR count). The topological polar surface area (TPSA) is 103 Å². The largest absolute Gasteiger partial charge is 0.477 e. The van der Waals surface area contributed by atoms with E-state index in [0.29, 0.717) is 44.2 Å². The van der Waals surface area contributed by atoms with E-state index in [1.807, 2.05) is 30.3 Å². The van der Waals surface area contributed by atoms with E-state index in [1.165, 1.54) is 6.92 Å². The monoisotopic (exact) mass is 651 g/mol. The van der Waals surface area contributed by atoms with E-state index in [1.54, 1.807) is 6.07 Å². The number of ether oxygens (including phenoxy) is 3. The number of aromatic nitrogens is 2. The lowest BCUT2D eigenvalue weighted by Gasteiger charge is -2.32. The fourth-order valence-electron chi connectivity index (χ4n) is 5.17. The molecule has 46 heavy (non-hydrogen) atoms. The highest BCUT2D eigenvalue weighted by atomic mass is 19.4. The van der Waals surface area contributed by atoms with Crippen molar-refractivity contribution >= 4 is 11.9 Å². The highest BCUT2D eigenvalue weighted by molar-refractivity contribution is 6.00. The van der Waals surface area contributed by atoms with Crippen molar-refractivity contribution in [1.82, 2.24) is 15.5 Å². The van der Waals surface area contributed by atoms with Gasteiger partial charge in [0.15, 0.2) is 0 Å². The van der Waals surface area contributed by atoms with Crippen LogP contribution in [0.15, 0.2) is 71.1 Å². The summed E-state index contributed by atoms with van der Waals surface area (Å²) < 4.78 is 101. The van der Waals surface area contributed by atoms with Crippen LogP contribution in [0.1, 0.15) is 49.7 Å². The van der Waals surface area contributed by atoms with E-state index in [2.05, 4.69) is 20.3 Å². The van der Waals surface area contributed by atoms with Gasteiger partial charge in [-0.15, -0.1) is 5.10 Å². The molecule has 0 saturated heterocycles. The van der Waals surface area contributed by atoms with E-state index < -0.39 is 70.3 Å². The summed E-state index contributed by atoms with van der Waals surface area (Å²) in [7, 11) is 0.875. The normalized spacial score (nSPS) is 15.1. The van der Waals surface area contributed by atoms with Crippen molar-refractivity contribution in [3.05, 3.63) is 93.8 Å². The van der Waals surface area contributed by atoms with Gasteiger partial charge in [0.2, 0.25) is 5.88 Å². The Morgan fingerprint density at radius 3 is 2.24 bits per heavy atom. The third-order valence-electron chi connectivity index (χ3n) is 7.28. The predicted octanol–water partition coefficient (Wildman–Crippen LogP) is 6.91. The third kappa shape index (κ3) is 7.72. The number of unbranched alkanes of at least 4 members (excludes halogenated alkanes) is 3. The zero-order valence-electron chi connectivity index (χ0n) is 24.9. The fraction of sp³-hybridized carbons (Fsp3) is 0.344. The highest BCUT2D eigenvalue weighted by Gasteiger charge is 2.47. The van der Waals surface area contributed by atoms with Gasteiger partial charge in [0.25, 0.3) is 0 Å². The Hall–Kier alpha value is -4.75. The van der Waals surface area contributed by atoms with Crippen molar-refractivity contribution in [2.75, 3.05) is 27.0 Å². The number of carbonyl (C=O) groups excluding carboxylic acids is 2. The van der Waals surface area contributed by atoms with Crippen LogP contribution in [0.4, 0.5) is 26.3 Å². The maximum atomic E-state index is 15.2. The number of rotatable bonds is 13. The number of halogens is 6. The maximum Gasteiger partial charge on any atom is 0.419 e. The molecular formula is C32H31F6N3O5. The first-order valence-electron chi connectivity index (χ1n) is 14.3. The number of methoxy groups -OCH3 is 1. The van der Waals surface area contributed by atoms with Crippen LogP contribution in [0.3, 0.4) is 0 Å². The number of nitrogens with one attached hydrogen (secondary N) is 2. The van der Waals surface area contributed by atoms with Crippen molar-refractivity contribution in [1.29, 1.82) is 0 Å². The molecule has 8 nitrogen and oxygen atoms in total. The average Bonchev–Trinajstić information content (AvgIpc) is 3.51. The van der Waals surface area contributed by atoms with Crippen LogP contribution in [0.2, 0.25) is 0 Å². The minimum atomic E-state index is -5.43. The van der Waals surface area contributed by atoms with Gasteiger partial charge >= 0.3 is 18.1 Å². The summed E-state index contributed by atoms with van der Waals surface area (Å²) in [5.74, 6) is -7.68. The number of dihydropyridines is 1. The van der Waals surface area contributed by atoms with E-state index >= 15 is 4.39 Å². The summed E-state index contributed by atoms with van der Waals surface area (Å²) in [4.78, 5) is 26.0. The zero-order chi connectivity index (χ0) is 33.4. The number of hydrogen-bond donors (Lipinski definition) is 2. The van der Waals surface area contributed by atoms with E-state index in [0.717, 1.165) is 18.4 Å². The smallest absolute Gasteiger partial charge is 0.419 e. The van der Waals surface area contributed by atoms with Crippen LogP contribution >= 0.6 is 0 Å². The second-order valence-electron chi connectivity index (χ2n) is 10.3. The maximum absolute atomic E-state index is 15.2. The van der Waals surface area contributed by atoms with Gasteiger partial charge in [0.1, 0.15) is 18.3 Å². The SMILES string of the molecule is COC(=O)C1=C(CF)NC(C)=C(C(=O)OCCCCCCOc2cc(-c3ccccc3)[nH]n2)C1c1c(F)ccc(F)c1C(F)(F)F. The number of H-pyrrole nitrogens is 1. The van der Waals surface area contributed by atoms with E-state index in [-0.39, 0.29) is 18.4 Å². The number of esters is 2. The number of nitrogens with zero attached hydrogens (tertiary/aromatic N) is 1. The molecule has 2 N–H and O–H groups in total. The number of alkyl halides is 4. The average molecular weight is 652 g/mol. The summed E-state index contributed by atoms with van der Waals surface area (Å²) in [5, 5.41) is 9.50. The minimum absolute atomic E-state index is 0.173. The first-order valence-corrected chi connectivity index (χ1v) is 14.3. The first kappa shape index (κ1) is 34.1. The van der Waals surface area contributed by atoms with Crippen LogP contribution in [-0.2, 0) is 25.2 Å². The van der Waals surface area contributed by atoms with E-state index in [9.17, 15) is 31.5 Å². The second kappa shape index (κ2) is 15.0. The van der Waals surface area contributed by atoms with Gasteiger partial charge in [0, 0.05) is 17.3 Å². The lowest BCUT2D eigenvalue weighted by Crippen LogP contribution is -2.35. The van der Waals surface area contributed by atoms with Gasteiger partial charge in [-0.2, -0.15) is 13.2 Å². The Kier molecular flexibility index (Phi) is 11.1. The highest BCUT2D eigenvalue weighted by Crippen LogP contribution is 2.46. The lowest BCUT2D eigenvalue weighted by molar-refractivity contribution is -0.143. The molecule has 0 fully saturated rings. The minimum Gasteiger partial charge on any atom is -0.477 e. The second-order valence-corrected chi connectivity index (χ2v) is 10.3. The Balaban J connectivity index is 1.41. The van der Waals surface area contributed by atoms with Gasteiger partial charge in [-0.25, -0.2) is 22.8 Å². The first-order chi connectivity index (χ1) is 22.0. The molecule has 0 amide bonds. The number of allylic oxidation sites excluding steroid dienone is 2. The fourth-order valence-corrected chi connectivity index (χ4v) is 5.17. The van der Waals surface area contributed by atoms with Gasteiger partial charge in [-0.3, -0.25) is 5.10 Å². The van der Waals surface area contributed by atoms with E-state index in [4.69, 9.17) is 9.47 Å². The molecule has 1 unspecified atom stereocenters. The van der Waals surface area contributed by atoms with Crippen molar-refractivity contribution in [2.24, 2.45) is 0 Å². The molecule has 0 bridgehead atoms. The van der Waals surface area contributed by atoms with Crippen molar-refractivity contribution < 1.29 is 50.1 Å². The molecule has 0 radical (unpaired) electrons. The van der Waals surface area contributed by atoms with Crippen LogP contribution in [0, 0.1) is 11.6 Å². The molecule has 1 aromatic heterocycles. The van der Waals surface area contributed by atoms with Crippen LogP contribution in [-0.4, -0.2) is 49.1 Å². The Morgan fingerprint density at radius 1 is 0.913 bits per heavy atom. The molecule has 246 valence electrons. The molecule has 0 saturated carbocycles. The molecule has 3 aromatic rings. The molecule has 1 aliphatic rings. The summed E-state index contributed by atoms with van der Waals surface area (Å²) in [6.45, 7) is 0.0173. The molecule has 2 aromatic carbocycles. The van der Waals surface area contributed by atoms with Gasteiger partial charge in [-0.05, 0) is 50.3 Å². The van der Waals surface area contributed by atoms with Crippen molar-refractivity contribution in [3.8, 4) is 17.1 Å². The molecular weight excluding hydrogens is 620 g/mol. The number of aromatic amines is 1. The Labute approximate surface area is 260 Å². The molecule has 14 heteroatoms. The summed E-state index contributed by atoms with van der Waals surface area (Å²) in [5.41, 5.74) is -3.81. The van der Waals surface area contributed by atoms with Crippen molar-refractivity contribution in [3.63, 3.8) is 0 Å². The zero-order valence-corrected chi connectivity index (χ0v) is 24.9. The van der Waals surface area contributed by atoms with Crippen LogP contribution in [0.25, 0.3) is 11.3 Å². The van der Waals surface area contributed by atoms with Crippen LogP contribution in [0.5, 0.6) is 5.88 Å². The van der Waals surface area contributed by atoms with Gasteiger partial charge in [0.05, 0.1) is 54.3 Å². The van der Waals surface area contributed by atoms with Gasteiger partial charge < -0.3 is 19.5 Å².